The van der Waals surface area contributed by atoms with Gasteiger partial charge in [0.05, 0.1) is 11.4 Å². The average molecular weight is 349 g/mol. The normalized spacial score (nSPS) is 19.3. The summed E-state index contributed by atoms with van der Waals surface area (Å²) in [5.41, 5.74) is -0.00543. The zero-order valence-corrected chi connectivity index (χ0v) is 13.8. The predicted molar refractivity (Wildman–Crippen MR) is 83.8 cm³/mol. The van der Waals surface area contributed by atoms with Crippen LogP contribution in [0.15, 0.2) is 18.2 Å². The molecule has 0 bridgehead atoms. The third-order valence-electron chi connectivity index (χ3n) is 3.51. The smallest absolute Gasteiger partial charge is 0.242 e. The molecule has 5 nitrogen and oxygen atoms in total. The molecule has 1 aromatic carbocycles. The molecule has 1 fully saturated rings. The third kappa shape index (κ3) is 3.77. The fourth-order valence-corrected chi connectivity index (χ4v) is 4.42. The van der Waals surface area contributed by atoms with Crippen LogP contribution in [-0.2, 0) is 14.8 Å². The Labute approximate surface area is 134 Å². The largest absolute Gasteiger partial charge is 0.322 e. The van der Waals surface area contributed by atoms with Gasteiger partial charge in [0.15, 0.2) is 0 Å². The third-order valence-corrected chi connectivity index (χ3v) is 5.83. The first-order valence-electron chi connectivity index (χ1n) is 7.10. The first-order chi connectivity index (χ1) is 10.3. The van der Waals surface area contributed by atoms with Crippen molar-refractivity contribution in [2.75, 3.05) is 17.6 Å². The Balaban J connectivity index is 2.14. The van der Waals surface area contributed by atoms with E-state index in [-0.39, 0.29) is 16.5 Å². The van der Waals surface area contributed by atoms with Crippen LogP contribution in [0.25, 0.3) is 0 Å². The molecule has 2 rings (SSSR count). The number of hydrogen-bond donors (Lipinski definition) is 1. The predicted octanol–water partition coefficient (Wildman–Crippen LogP) is 2.62. The van der Waals surface area contributed by atoms with Gasteiger partial charge in [-0.2, -0.15) is 4.31 Å². The molecule has 1 aliphatic heterocycles. The van der Waals surface area contributed by atoms with Gasteiger partial charge in [-0.15, -0.1) is 0 Å². The minimum absolute atomic E-state index is 0.00543. The highest BCUT2D eigenvalue weighted by molar-refractivity contribution is 7.89. The van der Waals surface area contributed by atoms with Gasteiger partial charge in [-0.25, -0.2) is 12.8 Å². The number of sulfonamides is 1. The molecule has 1 amide bonds. The quantitative estimate of drug-likeness (QED) is 0.889. The average Bonchev–Trinajstić information content (AvgIpc) is 2.92. The van der Waals surface area contributed by atoms with Crippen LogP contribution in [0.3, 0.4) is 0 Å². The van der Waals surface area contributed by atoms with Gasteiger partial charge < -0.3 is 5.32 Å². The van der Waals surface area contributed by atoms with Crippen LogP contribution < -0.4 is 5.32 Å². The van der Waals surface area contributed by atoms with E-state index in [1.165, 1.54) is 16.4 Å². The molecule has 1 saturated heterocycles. The molecule has 122 valence electrons. The number of anilines is 1. The van der Waals surface area contributed by atoms with E-state index in [2.05, 4.69) is 5.32 Å². The molecule has 1 unspecified atom stereocenters. The molecule has 1 aromatic rings. The Bertz CT molecular complexity index is 666. The summed E-state index contributed by atoms with van der Waals surface area (Å²) in [6, 6.07) is 3.12. The summed E-state index contributed by atoms with van der Waals surface area (Å²) in [7, 11) is -3.46. The van der Waals surface area contributed by atoms with Crippen molar-refractivity contribution in [3.63, 3.8) is 0 Å². The van der Waals surface area contributed by atoms with Gasteiger partial charge in [0.2, 0.25) is 15.9 Å². The SMILES string of the molecule is CCCS(=O)(=O)N1CCCC1C(=O)Nc1ccc(Cl)cc1F. The summed E-state index contributed by atoms with van der Waals surface area (Å²) < 4.78 is 39.3. The summed E-state index contributed by atoms with van der Waals surface area (Å²) >= 11 is 5.66. The molecule has 0 aliphatic carbocycles. The van der Waals surface area contributed by atoms with E-state index >= 15 is 0 Å². The van der Waals surface area contributed by atoms with Crippen molar-refractivity contribution in [2.24, 2.45) is 0 Å². The summed E-state index contributed by atoms with van der Waals surface area (Å²) in [6.07, 6.45) is 1.53. The summed E-state index contributed by atoms with van der Waals surface area (Å²) in [6.45, 7) is 2.09. The van der Waals surface area contributed by atoms with Gasteiger partial charge in [0.25, 0.3) is 0 Å². The highest BCUT2D eigenvalue weighted by Gasteiger charge is 2.38. The van der Waals surface area contributed by atoms with Crippen molar-refractivity contribution in [2.45, 2.75) is 32.2 Å². The molecule has 0 saturated carbocycles. The lowest BCUT2D eigenvalue weighted by Crippen LogP contribution is -2.44. The fraction of sp³-hybridized carbons (Fsp3) is 0.500. The fourth-order valence-electron chi connectivity index (χ4n) is 2.52. The zero-order chi connectivity index (χ0) is 16.3. The number of carbonyl (C=O) groups is 1. The summed E-state index contributed by atoms with van der Waals surface area (Å²) in [5, 5.41) is 2.67. The minimum Gasteiger partial charge on any atom is -0.322 e. The van der Waals surface area contributed by atoms with E-state index in [4.69, 9.17) is 11.6 Å². The highest BCUT2D eigenvalue weighted by Crippen LogP contribution is 2.25. The van der Waals surface area contributed by atoms with Gasteiger partial charge >= 0.3 is 0 Å². The molecule has 0 spiro atoms. The number of nitrogens with one attached hydrogen (secondary N) is 1. The topological polar surface area (TPSA) is 66.5 Å². The maximum Gasteiger partial charge on any atom is 0.242 e. The lowest BCUT2D eigenvalue weighted by Gasteiger charge is -2.23. The van der Waals surface area contributed by atoms with Gasteiger partial charge in [-0.05, 0) is 37.5 Å². The van der Waals surface area contributed by atoms with Crippen LogP contribution in [0, 0.1) is 5.82 Å². The first kappa shape index (κ1) is 17.2. The molecule has 1 aliphatic rings. The van der Waals surface area contributed by atoms with Gasteiger partial charge in [0, 0.05) is 11.6 Å². The number of hydrogen-bond acceptors (Lipinski definition) is 3. The zero-order valence-electron chi connectivity index (χ0n) is 12.2. The molecule has 0 radical (unpaired) electrons. The highest BCUT2D eigenvalue weighted by atomic mass is 35.5. The lowest BCUT2D eigenvalue weighted by molar-refractivity contribution is -0.119. The number of halogens is 2. The van der Waals surface area contributed by atoms with Crippen molar-refractivity contribution in [1.29, 1.82) is 0 Å². The molecule has 1 heterocycles. The standard InChI is InChI=1S/C14H18ClFN2O3S/c1-2-8-22(20,21)18-7-3-4-13(18)14(19)17-12-6-5-10(15)9-11(12)16/h5-6,9,13H,2-4,7-8H2,1H3,(H,17,19). The number of nitrogens with zero attached hydrogens (tertiary/aromatic N) is 1. The Morgan fingerprint density at radius 3 is 2.86 bits per heavy atom. The summed E-state index contributed by atoms with van der Waals surface area (Å²) in [5.74, 6) is -1.16. The maximum absolute atomic E-state index is 13.7. The van der Waals surface area contributed by atoms with E-state index < -0.39 is 27.8 Å². The second-order valence-electron chi connectivity index (χ2n) is 5.20. The number of benzene rings is 1. The Morgan fingerprint density at radius 2 is 2.23 bits per heavy atom. The second kappa shape index (κ2) is 6.93. The van der Waals surface area contributed by atoms with Crippen LogP contribution >= 0.6 is 11.6 Å². The van der Waals surface area contributed by atoms with E-state index in [0.717, 1.165) is 6.07 Å². The number of carbonyl (C=O) groups excluding carboxylic acids is 1. The second-order valence-corrected chi connectivity index (χ2v) is 7.68. The van der Waals surface area contributed by atoms with Crippen molar-refractivity contribution >= 4 is 33.2 Å². The van der Waals surface area contributed by atoms with Crippen LogP contribution in [0.5, 0.6) is 0 Å². The van der Waals surface area contributed by atoms with Crippen LogP contribution in [0.4, 0.5) is 10.1 Å². The van der Waals surface area contributed by atoms with Crippen LogP contribution in [-0.4, -0.2) is 37.0 Å². The van der Waals surface area contributed by atoms with E-state index in [0.29, 0.717) is 25.8 Å². The molecular weight excluding hydrogens is 331 g/mol. The van der Waals surface area contributed by atoms with E-state index in [1.54, 1.807) is 6.92 Å². The maximum atomic E-state index is 13.7. The van der Waals surface area contributed by atoms with Crippen LogP contribution in [0.2, 0.25) is 5.02 Å². The van der Waals surface area contributed by atoms with Gasteiger partial charge in [0.1, 0.15) is 11.9 Å². The minimum atomic E-state index is -3.46. The molecular formula is C14H18ClFN2O3S. The van der Waals surface area contributed by atoms with Crippen molar-refractivity contribution in [1.82, 2.24) is 4.31 Å². The van der Waals surface area contributed by atoms with Crippen LogP contribution in [0.1, 0.15) is 26.2 Å². The Kier molecular flexibility index (Phi) is 5.41. The van der Waals surface area contributed by atoms with Crippen molar-refractivity contribution in [3.8, 4) is 0 Å². The van der Waals surface area contributed by atoms with Gasteiger partial charge in [-0.3, -0.25) is 4.79 Å². The Hall–Kier alpha value is -1.18. The molecule has 1 atom stereocenters. The molecule has 0 aromatic heterocycles. The van der Waals surface area contributed by atoms with Crippen molar-refractivity contribution in [3.05, 3.63) is 29.0 Å². The van der Waals surface area contributed by atoms with Gasteiger partial charge in [-0.1, -0.05) is 18.5 Å². The lowest BCUT2D eigenvalue weighted by atomic mass is 10.2. The molecule has 1 N–H and O–H groups in total. The summed E-state index contributed by atoms with van der Waals surface area (Å²) in [4.78, 5) is 12.3. The number of amides is 1. The molecule has 22 heavy (non-hydrogen) atoms. The van der Waals surface area contributed by atoms with Crippen molar-refractivity contribution < 1.29 is 17.6 Å². The van der Waals surface area contributed by atoms with E-state index in [9.17, 15) is 17.6 Å². The monoisotopic (exact) mass is 348 g/mol. The van der Waals surface area contributed by atoms with E-state index in [1.807, 2.05) is 0 Å². The number of rotatable bonds is 5. The first-order valence-corrected chi connectivity index (χ1v) is 9.09. The Morgan fingerprint density at radius 1 is 1.50 bits per heavy atom. The molecule has 8 heteroatoms.